The molecular formula is C18H22N2O3. The number of aryl methyl sites for hydroxylation is 1. The summed E-state index contributed by atoms with van der Waals surface area (Å²) in [6.07, 6.45) is 1.34. The fourth-order valence-electron chi connectivity index (χ4n) is 3.10. The lowest BCUT2D eigenvalue weighted by molar-refractivity contribution is -0.149. The number of likely N-dealkylation sites (tertiary alicyclic amines) is 1. The third-order valence-corrected chi connectivity index (χ3v) is 4.41. The molecule has 0 spiro atoms. The van der Waals surface area contributed by atoms with Crippen LogP contribution in [0.15, 0.2) is 24.3 Å². The number of ether oxygens (including phenoxy) is 1. The van der Waals surface area contributed by atoms with Crippen LogP contribution >= 0.6 is 0 Å². The minimum atomic E-state index is -0.138. The van der Waals surface area contributed by atoms with E-state index in [0.717, 1.165) is 16.5 Å². The average Bonchev–Trinajstić information content (AvgIpc) is 2.97. The number of carbonyl (C=O) groups excluding carboxylic acids is 2. The first-order valence-corrected chi connectivity index (χ1v) is 8.13. The molecule has 0 aliphatic carbocycles. The van der Waals surface area contributed by atoms with Gasteiger partial charge in [0.1, 0.15) is 5.69 Å². The fraction of sp³-hybridized carbons (Fsp3) is 0.444. The quantitative estimate of drug-likeness (QED) is 0.886. The Bertz CT molecular complexity index is 727. The Morgan fingerprint density at radius 1 is 1.26 bits per heavy atom. The summed E-state index contributed by atoms with van der Waals surface area (Å²) in [6.45, 7) is 5.44. The molecule has 0 radical (unpaired) electrons. The summed E-state index contributed by atoms with van der Waals surface area (Å²) < 4.78 is 5.06. The van der Waals surface area contributed by atoms with Crippen LogP contribution < -0.4 is 0 Å². The van der Waals surface area contributed by atoms with E-state index in [0.29, 0.717) is 38.2 Å². The van der Waals surface area contributed by atoms with Gasteiger partial charge in [-0.1, -0.05) is 12.1 Å². The highest BCUT2D eigenvalue weighted by molar-refractivity contribution is 5.98. The number of amides is 1. The number of fused-ring (bicyclic) bond motifs is 1. The van der Waals surface area contributed by atoms with Gasteiger partial charge in [-0.15, -0.1) is 0 Å². The van der Waals surface area contributed by atoms with Gasteiger partial charge >= 0.3 is 5.97 Å². The molecular weight excluding hydrogens is 292 g/mol. The van der Waals surface area contributed by atoms with E-state index in [4.69, 9.17) is 4.74 Å². The Morgan fingerprint density at radius 3 is 2.70 bits per heavy atom. The molecule has 1 amide bonds. The van der Waals surface area contributed by atoms with Gasteiger partial charge in [0.05, 0.1) is 12.5 Å². The second-order valence-electron chi connectivity index (χ2n) is 6.09. The van der Waals surface area contributed by atoms with Crippen molar-refractivity contribution >= 4 is 22.8 Å². The molecule has 1 aliphatic heterocycles. The number of piperidine rings is 1. The van der Waals surface area contributed by atoms with Gasteiger partial charge in [0, 0.05) is 24.0 Å². The Hall–Kier alpha value is -2.30. The third kappa shape index (κ3) is 3.23. The number of hydrogen-bond donors (Lipinski definition) is 1. The Kier molecular flexibility index (Phi) is 4.37. The van der Waals surface area contributed by atoms with E-state index in [1.807, 2.05) is 43.0 Å². The molecule has 1 aromatic heterocycles. The lowest BCUT2D eigenvalue weighted by Gasteiger charge is -2.30. The maximum absolute atomic E-state index is 12.6. The fourth-order valence-corrected chi connectivity index (χ4v) is 3.10. The van der Waals surface area contributed by atoms with Gasteiger partial charge in [-0.25, -0.2) is 0 Å². The molecule has 23 heavy (non-hydrogen) atoms. The normalized spacial score (nSPS) is 15.8. The predicted molar refractivity (Wildman–Crippen MR) is 88.3 cm³/mol. The first-order valence-electron chi connectivity index (χ1n) is 8.13. The molecule has 5 nitrogen and oxygen atoms in total. The Labute approximate surface area is 135 Å². The standard InChI is InChI=1S/C18H22N2O3/c1-3-23-18(22)13-6-8-20(9-7-13)17(21)16-11-14-5-4-12(2)10-15(14)19-16/h4-5,10-11,13,19H,3,6-9H2,1-2H3. The van der Waals surface area contributed by atoms with Gasteiger partial charge < -0.3 is 14.6 Å². The Morgan fingerprint density at radius 2 is 2.00 bits per heavy atom. The van der Waals surface area contributed by atoms with Crippen molar-refractivity contribution < 1.29 is 14.3 Å². The molecule has 0 bridgehead atoms. The highest BCUT2D eigenvalue weighted by Crippen LogP contribution is 2.22. The summed E-state index contributed by atoms with van der Waals surface area (Å²) in [5, 5.41) is 1.04. The number of benzene rings is 1. The van der Waals surface area contributed by atoms with E-state index in [1.165, 1.54) is 0 Å². The van der Waals surface area contributed by atoms with Crippen LogP contribution in [0.4, 0.5) is 0 Å². The van der Waals surface area contributed by atoms with E-state index in [1.54, 1.807) is 0 Å². The van der Waals surface area contributed by atoms with E-state index >= 15 is 0 Å². The predicted octanol–water partition coefficient (Wildman–Crippen LogP) is 2.89. The van der Waals surface area contributed by atoms with E-state index in [2.05, 4.69) is 4.98 Å². The average molecular weight is 314 g/mol. The summed E-state index contributed by atoms with van der Waals surface area (Å²) in [7, 11) is 0. The number of H-pyrrole nitrogens is 1. The van der Waals surface area contributed by atoms with Crippen molar-refractivity contribution in [1.29, 1.82) is 0 Å². The summed E-state index contributed by atoms with van der Waals surface area (Å²) in [6, 6.07) is 7.99. The van der Waals surface area contributed by atoms with Crippen molar-refractivity contribution in [3.05, 3.63) is 35.5 Å². The number of nitrogens with zero attached hydrogens (tertiary/aromatic N) is 1. The third-order valence-electron chi connectivity index (χ3n) is 4.41. The molecule has 3 rings (SSSR count). The van der Waals surface area contributed by atoms with Crippen molar-refractivity contribution in [3.63, 3.8) is 0 Å². The zero-order valence-electron chi connectivity index (χ0n) is 13.6. The van der Waals surface area contributed by atoms with Gasteiger partial charge in [-0.3, -0.25) is 9.59 Å². The lowest BCUT2D eigenvalue weighted by atomic mass is 9.97. The molecule has 122 valence electrons. The first kappa shape index (κ1) is 15.6. The van der Waals surface area contributed by atoms with Crippen LogP contribution in [0.25, 0.3) is 10.9 Å². The number of carbonyl (C=O) groups is 2. The lowest BCUT2D eigenvalue weighted by Crippen LogP contribution is -2.40. The van der Waals surface area contributed by atoms with Gasteiger partial charge in [0.25, 0.3) is 5.91 Å². The van der Waals surface area contributed by atoms with Crippen LogP contribution in [0.1, 0.15) is 35.8 Å². The zero-order valence-corrected chi connectivity index (χ0v) is 13.6. The molecule has 0 unspecified atom stereocenters. The highest BCUT2D eigenvalue weighted by Gasteiger charge is 2.29. The van der Waals surface area contributed by atoms with Crippen LogP contribution in [0, 0.1) is 12.8 Å². The van der Waals surface area contributed by atoms with Crippen molar-refractivity contribution in [2.45, 2.75) is 26.7 Å². The monoisotopic (exact) mass is 314 g/mol. The maximum Gasteiger partial charge on any atom is 0.309 e. The SMILES string of the molecule is CCOC(=O)C1CCN(C(=O)c2cc3ccc(C)cc3[nH]2)CC1. The molecule has 2 heterocycles. The largest absolute Gasteiger partial charge is 0.466 e. The van der Waals surface area contributed by atoms with E-state index in [-0.39, 0.29) is 17.8 Å². The van der Waals surface area contributed by atoms with Crippen molar-refractivity contribution in [1.82, 2.24) is 9.88 Å². The maximum atomic E-state index is 12.6. The number of esters is 1. The number of hydrogen-bond acceptors (Lipinski definition) is 3. The molecule has 0 saturated carbocycles. The first-order chi connectivity index (χ1) is 11.1. The second-order valence-corrected chi connectivity index (χ2v) is 6.09. The highest BCUT2D eigenvalue weighted by atomic mass is 16.5. The number of aromatic nitrogens is 1. The van der Waals surface area contributed by atoms with Crippen LogP contribution in [0.5, 0.6) is 0 Å². The number of aromatic amines is 1. The molecule has 1 aromatic carbocycles. The molecule has 2 aromatic rings. The topological polar surface area (TPSA) is 62.4 Å². The number of rotatable bonds is 3. The van der Waals surface area contributed by atoms with Gasteiger partial charge in [0.2, 0.25) is 0 Å². The molecule has 0 atom stereocenters. The smallest absolute Gasteiger partial charge is 0.309 e. The van der Waals surface area contributed by atoms with E-state index in [9.17, 15) is 9.59 Å². The summed E-state index contributed by atoms with van der Waals surface area (Å²) in [5.41, 5.74) is 2.75. The summed E-state index contributed by atoms with van der Waals surface area (Å²) >= 11 is 0. The minimum Gasteiger partial charge on any atom is -0.466 e. The van der Waals surface area contributed by atoms with Gasteiger partial charge in [-0.05, 0) is 44.4 Å². The van der Waals surface area contributed by atoms with E-state index < -0.39 is 0 Å². The van der Waals surface area contributed by atoms with Crippen LogP contribution in [0.3, 0.4) is 0 Å². The van der Waals surface area contributed by atoms with Crippen LogP contribution in [-0.4, -0.2) is 41.5 Å². The Balaban J connectivity index is 1.67. The molecule has 1 aliphatic rings. The molecule has 5 heteroatoms. The summed E-state index contributed by atoms with van der Waals surface area (Å²) in [4.78, 5) is 29.4. The molecule has 1 fully saturated rings. The van der Waals surface area contributed by atoms with Crippen molar-refractivity contribution in [3.8, 4) is 0 Å². The van der Waals surface area contributed by atoms with Crippen LogP contribution in [0.2, 0.25) is 0 Å². The van der Waals surface area contributed by atoms with Crippen molar-refractivity contribution in [2.75, 3.05) is 19.7 Å². The van der Waals surface area contributed by atoms with Crippen molar-refractivity contribution in [2.24, 2.45) is 5.92 Å². The van der Waals surface area contributed by atoms with Gasteiger partial charge in [-0.2, -0.15) is 0 Å². The zero-order chi connectivity index (χ0) is 16.4. The molecule has 1 N–H and O–H groups in total. The number of nitrogens with one attached hydrogen (secondary N) is 1. The summed E-state index contributed by atoms with van der Waals surface area (Å²) in [5.74, 6) is -0.216. The van der Waals surface area contributed by atoms with Gasteiger partial charge in [0.15, 0.2) is 0 Å². The van der Waals surface area contributed by atoms with Crippen LogP contribution in [-0.2, 0) is 9.53 Å². The minimum absolute atomic E-state index is 0.00108. The molecule has 1 saturated heterocycles. The second kappa shape index (κ2) is 6.44.